The SMILES string of the molecule is CC(C)(C)C(=O)c1ccc2c(c1)C(C1CCC3CCCCN3CC1)=CS21OC(=O)C=CC(=O)O1. The highest BCUT2D eigenvalue weighted by atomic mass is 32.3. The minimum atomic E-state index is -2.72. The van der Waals surface area contributed by atoms with E-state index in [4.69, 9.17) is 8.37 Å². The fraction of sp³-hybridized carbons (Fsp3) is 0.519. The maximum absolute atomic E-state index is 13.1. The van der Waals surface area contributed by atoms with Crippen LogP contribution in [0.1, 0.15) is 75.2 Å². The quantitative estimate of drug-likeness (QED) is 0.512. The van der Waals surface area contributed by atoms with Crippen molar-refractivity contribution in [2.45, 2.75) is 70.2 Å². The van der Waals surface area contributed by atoms with Gasteiger partial charge < -0.3 is 13.3 Å². The van der Waals surface area contributed by atoms with Crippen molar-refractivity contribution < 1.29 is 22.7 Å². The summed E-state index contributed by atoms with van der Waals surface area (Å²) in [5.74, 6) is -0.862. The summed E-state index contributed by atoms with van der Waals surface area (Å²) in [6.45, 7) is 7.93. The number of hydrogen-bond acceptors (Lipinski definition) is 6. The van der Waals surface area contributed by atoms with Crippen molar-refractivity contribution in [2.24, 2.45) is 11.3 Å². The molecule has 182 valence electrons. The van der Waals surface area contributed by atoms with Crippen LogP contribution >= 0.6 is 10.6 Å². The molecule has 0 aromatic heterocycles. The molecule has 4 aliphatic rings. The van der Waals surface area contributed by atoms with Crippen LogP contribution in [0.4, 0.5) is 0 Å². The molecule has 0 bridgehead atoms. The molecule has 2 unspecified atom stereocenters. The summed E-state index contributed by atoms with van der Waals surface area (Å²) in [5, 5.41) is 1.90. The number of nitrogens with zero attached hydrogens (tertiary/aromatic N) is 1. The first-order chi connectivity index (χ1) is 16.2. The molecule has 1 spiro atoms. The van der Waals surface area contributed by atoms with Crippen LogP contribution in [-0.4, -0.2) is 41.8 Å². The Morgan fingerprint density at radius 1 is 0.971 bits per heavy atom. The largest absolute Gasteiger partial charge is 0.354 e. The zero-order chi connectivity index (χ0) is 24.1. The van der Waals surface area contributed by atoms with Crippen LogP contribution in [0.2, 0.25) is 0 Å². The Bertz CT molecular complexity index is 1060. The fourth-order valence-corrected chi connectivity index (χ4v) is 8.06. The molecule has 1 aromatic rings. The van der Waals surface area contributed by atoms with Crippen LogP contribution in [0.5, 0.6) is 0 Å². The van der Waals surface area contributed by atoms with E-state index in [-0.39, 0.29) is 11.7 Å². The zero-order valence-electron chi connectivity index (χ0n) is 20.2. The molecule has 2 fully saturated rings. The minimum absolute atomic E-state index is 0.0557. The van der Waals surface area contributed by atoms with Gasteiger partial charge in [0.25, 0.3) is 0 Å². The van der Waals surface area contributed by atoms with Crippen molar-refractivity contribution in [3.63, 3.8) is 0 Å². The van der Waals surface area contributed by atoms with Crippen LogP contribution in [0.15, 0.2) is 40.7 Å². The van der Waals surface area contributed by atoms with Gasteiger partial charge in [0, 0.05) is 34.7 Å². The summed E-state index contributed by atoms with van der Waals surface area (Å²) in [6, 6.07) is 6.15. The van der Waals surface area contributed by atoms with Crippen molar-refractivity contribution in [3.8, 4) is 0 Å². The van der Waals surface area contributed by atoms with Gasteiger partial charge in [0.15, 0.2) is 5.78 Å². The fourth-order valence-electron chi connectivity index (χ4n) is 5.63. The molecule has 0 amide bonds. The summed E-state index contributed by atoms with van der Waals surface area (Å²) in [7, 11) is -2.72. The summed E-state index contributed by atoms with van der Waals surface area (Å²) >= 11 is 0. The van der Waals surface area contributed by atoms with Crippen molar-refractivity contribution >= 4 is 33.9 Å². The summed E-state index contributed by atoms with van der Waals surface area (Å²) in [4.78, 5) is 41.2. The van der Waals surface area contributed by atoms with E-state index in [1.807, 2.05) is 38.3 Å². The van der Waals surface area contributed by atoms with Gasteiger partial charge in [-0.3, -0.25) is 4.79 Å². The lowest BCUT2D eigenvalue weighted by Gasteiger charge is -2.35. The van der Waals surface area contributed by atoms with Crippen molar-refractivity contribution in [3.05, 3.63) is 46.9 Å². The smallest absolute Gasteiger partial charge is 0.332 e. The van der Waals surface area contributed by atoms with Gasteiger partial charge in [-0.15, -0.1) is 0 Å². The maximum Gasteiger partial charge on any atom is 0.354 e. The van der Waals surface area contributed by atoms with Crippen molar-refractivity contribution in [2.75, 3.05) is 13.1 Å². The van der Waals surface area contributed by atoms with Gasteiger partial charge in [-0.1, -0.05) is 37.8 Å². The van der Waals surface area contributed by atoms with E-state index < -0.39 is 27.9 Å². The van der Waals surface area contributed by atoms with E-state index in [1.54, 1.807) is 6.07 Å². The van der Waals surface area contributed by atoms with E-state index >= 15 is 0 Å². The number of Topliss-reactive ketones (excluding diaryl/α,β-unsaturated/α-hetero) is 1. The number of hydrogen-bond donors (Lipinski definition) is 0. The summed E-state index contributed by atoms with van der Waals surface area (Å²) in [6.07, 6.45) is 9.20. The number of piperidine rings is 1. The number of ketones is 1. The molecule has 5 rings (SSSR count). The Hall–Kier alpha value is -2.38. The van der Waals surface area contributed by atoms with Gasteiger partial charge in [0.2, 0.25) is 0 Å². The first-order valence-corrected chi connectivity index (χ1v) is 13.8. The third-order valence-electron chi connectivity index (χ3n) is 7.39. The monoisotopic (exact) mass is 483 g/mol. The summed E-state index contributed by atoms with van der Waals surface area (Å²) in [5.41, 5.74) is 2.05. The predicted molar refractivity (Wildman–Crippen MR) is 132 cm³/mol. The zero-order valence-corrected chi connectivity index (χ0v) is 21.0. The first-order valence-electron chi connectivity index (χ1n) is 12.3. The minimum Gasteiger partial charge on any atom is -0.332 e. The van der Waals surface area contributed by atoms with Gasteiger partial charge in [-0.05, 0) is 74.9 Å². The van der Waals surface area contributed by atoms with E-state index in [1.165, 1.54) is 19.3 Å². The third kappa shape index (κ3) is 4.24. The summed E-state index contributed by atoms with van der Waals surface area (Å²) < 4.78 is 11.6. The van der Waals surface area contributed by atoms with Crippen LogP contribution in [0.25, 0.3) is 5.57 Å². The number of carbonyl (C=O) groups excluding carboxylic acids is 3. The number of benzene rings is 1. The molecule has 0 N–H and O–H groups in total. The molecule has 0 radical (unpaired) electrons. The highest BCUT2D eigenvalue weighted by Crippen LogP contribution is 2.68. The second-order valence-corrected chi connectivity index (χ2v) is 12.9. The highest BCUT2D eigenvalue weighted by molar-refractivity contribution is 8.29. The van der Waals surface area contributed by atoms with E-state index in [9.17, 15) is 14.4 Å². The Balaban J connectivity index is 1.57. The highest BCUT2D eigenvalue weighted by Gasteiger charge is 2.42. The number of rotatable bonds is 2. The Kier molecular flexibility index (Phi) is 5.97. The second-order valence-electron chi connectivity index (χ2n) is 10.8. The Morgan fingerprint density at radius 2 is 1.71 bits per heavy atom. The van der Waals surface area contributed by atoms with Crippen molar-refractivity contribution in [1.29, 1.82) is 0 Å². The average Bonchev–Trinajstić information content (AvgIpc) is 2.92. The standard InChI is InChI=1S/C27H33NO5S/c1-27(2,3)26(31)19-8-10-23-21(16-19)22(17-34(23)32-24(29)11-12-25(30)33-34)18-7-9-20-6-4-5-14-28(20)15-13-18/h8,10-12,16-18,20H,4-7,9,13-15H2,1-3H3. The number of carbonyl (C=O) groups is 3. The predicted octanol–water partition coefficient (Wildman–Crippen LogP) is 5.57. The Labute approximate surface area is 203 Å². The Morgan fingerprint density at radius 3 is 2.41 bits per heavy atom. The molecule has 4 aliphatic heterocycles. The molecule has 6 nitrogen and oxygen atoms in total. The van der Waals surface area contributed by atoms with Gasteiger partial charge in [0.05, 0.1) is 10.3 Å². The third-order valence-corrected chi connectivity index (χ3v) is 9.75. The van der Waals surface area contributed by atoms with E-state index in [0.717, 1.165) is 55.6 Å². The second kappa shape index (κ2) is 8.68. The molecular formula is C27H33NO5S. The topological polar surface area (TPSA) is 72.9 Å². The van der Waals surface area contributed by atoms with Crippen LogP contribution in [0.3, 0.4) is 0 Å². The van der Waals surface area contributed by atoms with E-state index in [2.05, 4.69) is 4.90 Å². The lowest BCUT2D eigenvalue weighted by molar-refractivity contribution is -0.129. The molecule has 7 heteroatoms. The molecule has 1 aromatic carbocycles. The normalized spacial score (nSPS) is 27.6. The van der Waals surface area contributed by atoms with Gasteiger partial charge in [-0.25, -0.2) is 9.59 Å². The number of fused-ring (bicyclic) bond motifs is 3. The molecule has 4 heterocycles. The van der Waals surface area contributed by atoms with Gasteiger partial charge in [0.1, 0.15) is 0 Å². The van der Waals surface area contributed by atoms with Crippen LogP contribution < -0.4 is 0 Å². The van der Waals surface area contributed by atoms with Crippen LogP contribution in [-0.2, 0) is 18.0 Å². The molecular weight excluding hydrogens is 450 g/mol. The lowest BCUT2D eigenvalue weighted by atomic mass is 9.83. The van der Waals surface area contributed by atoms with Gasteiger partial charge in [-0.2, -0.15) is 0 Å². The van der Waals surface area contributed by atoms with Gasteiger partial charge >= 0.3 is 11.9 Å². The number of allylic oxidation sites excluding steroid dienone is 1. The van der Waals surface area contributed by atoms with Crippen molar-refractivity contribution in [1.82, 2.24) is 4.90 Å². The molecule has 2 atom stereocenters. The maximum atomic E-state index is 13.1. The van der Waals surface area contributed by atoms with Crippen LogP contribution in [0, 0.1) is 11.3 Å². The lowest BCUT2D eigenvalue weighted by Crippen LogP contribution is -2.38. The molecule has 0 saturated carbocycles. The average molecular weight is 484 g/mol. The first kappa shape index (κ1) is 23.4. The molecule has 2 saturated heterocycles. The van der Waals surface area contributed by atoms with E-state index in [0.29, 0.717) is 16.5 Å². The molecule has 0 aliphatic carbocycles. The molecule has 34 heavy (non-hydrogen) atoms.